The molecule has 0 aliphatic rings. The van der Waals surface area contributed by atoms with Gasteiger partial charge in [-0.3, -0.25) is 9.67 Å². The largest absolute Gasteiger partial charge is 0.491 e. The molecule has 0 atom stereocenters. The van der Waals surface area contributed by atoms with Crippen LogP contribution in [0.15, 0.2) is 72.0 Å². The summed E-state index contributed by atoms with van der Waals surface area (Å²) in [4.78, 5) is 4.33. The summed E-state index contributed by atoms with van der Waals surface area (Å²) in [5.74, 6) is 1.59. The third kappa shape index (κ3) is 8.22. The van der Waals surface area contributed by atoms with Gasteiger partial charge in [0.25, 0.3) is 0 Å². The van der Waals surface area contributed by atoms with E-state index in [4.69, 9.17) is 9.47 Å². The SMILES string of the molecule is CN=C(NCc1ccc(OCCOC)cc1)NCc1ccccc1Cn1cccn1.I. The highest BCUT2D eigenvalue weighted by Gasteiger charge is 2.05. The minimum Gasteiger partial charge on any atom is -0.491 e. The highest BCUT2D eigenvalue weighted by Crippen LogP contribution is 2.12. The maximum absolute atomic E-state index is 5.60. The van der Waals surface area contributed by atoms with Gasteiger partial charge in [-0.15, -0.1) is 24.0 Å². The molecule has 0 radical (unpaired) electrons. The minimum atomic E-state index is 0. The number of ether oxygens (including phenoxy) is 2. The number of rotatable bonds is 10. The van der Waals surface area contributed by atoms with Crippen LogP contribution in [0.25, 0.3) is 0 Å². The van der Waals surface area contributed by atoms with Gasteiger partial charge >= 0.3 is 0 Å². The van der Waals surface area contributed by atoms with Crippen LogP contribution in [0, 0.1) is 0 Å². The van der Waals surface area contributed by atoms with Gasteiger partial charge in [-0.05, 0) is 34.9 Å². The minimum absolute atomic E-state index is 0. The van der Waals surface area contributed by atoms with Gasteiger partial charge in [0.2, 0.25) is 0 Å². The molecule has 31 heavy (non-hydrogen) atoms. The van der Waals surface area contributed by atoms with E-state index < -0.39 is 0 Å². The summed E-state index contributed by atoms with van der Waals surface area (Å²) in [6.45, 7) is 3.23. The third-order valence-electron chi connectivity index (χ3n) is 4.62. The van der Waals surface area contributed by atoms with Crippen LogP contribution < -0.4 is 15.4 Å². The highest BCUT2D eigenvalue weighted by molar-refractivity contribution is 14.0. The fourth-order valence-corrected chi connectivity index (χ4v) is 2.98. The molecule has 0 aliphatic carbocycles. The molecule has 7 nitrogen and oxygen atoms in total. The molecule has 2 aromatic carbocycles. The van der Waals surface area contributed by atoms with Gasteiger partial charge in [-0.1, -0.05) is 36.4 Å². The van der Waals surface area contributed by atoms with Crippen molar-refractivity contribution in [3.63, 3.8) is 0 Å². The molecular formula is C23H30IN5O2. The number of nitrogens with one attached hydrogen (secondary N) is 2. The van der Waals surface area contributed by atoms with Crippen LogP contribution in [0.5, 0.6) is 5.75 Å². The van der Waals surface area contributed by atoms with Gasteiger partial charge in [0.05, 0.1) is 13.2 Å². The van der Waals surface area contributed by atoms with Gasteiger partial charge in [-0.2, -0.15) is 5.10 Å². The molecule has 0 saturated heterocycles. The molecule has 3 aromatic rings. The van der Waals surface area contributed by atoms with Crippen LogP contribution in [0.3, 0.4) is 0 Å². The zero-order valence-corrected chi connectivity index (χ0v) is 20.3. The van der Waals surface area contributed by atoms with Crippen LogP contribution >= 0.6 is 24.0 Å². The summed E-state index contributed by atoms with van der Waals surface area (Å²) >= 11 is 0. The second kappa shape index (κ2) is 13.7. The first kappa shape index (κ1) is 24.7. The van der Waals surface area contributed by atoms with E-state index in [9.17, 15) is 0 Å². The molecule has 1 heterocycles. The molecule has 0 amide bonds. The average Bonchev–Trinajstić information content (AvgIpc) is 3.29. The van der Waals surface area contributed by atoms with Gasteiger partial charge in [-0.25, -0.2) is 0 Å². The first-order chi connectivity index (χ1) is 14.8. The Hall–Kier alpha value is -2.59. The molecule has 1 aromatic heterocycles. The number of guanidine groups is 1. The van der Waals surface area contributed by atoms with Crippen molar-refractivity contribution in [2.24, 2.45) is 4.99 Å². The van der Waals surface area contributed by atoms with Crippen molar-refractivity contribution in [3.05, 3.63) is 83.7 Å². The first-order valence-corrected chi connectivity index (χ1v) is 9.98. The lowest BCUT2D eigenvalue weighted by atomic mass is 10.1. The topological polar surface area (TPSA) is 72.7 Å². The number of halogens is 1. The summed E-state index contributed by atoms with van der Waals surface area (Å²) in [6.07, 6.45) is 3.77. The zero-order chi connectivity index (χ0) is 21.0. The van der Waals surface area contributed by atoms with E-state index in [-0.39, 0.29) is 24.0 Å². The normalized spacial score (nSPS) is 11.0. The van der Waals surface area contributed by atoms with Gasteiger partial charge in [0.15, 0.2) is 5.96 Å². The third-order valence-corrected chi connectivity index (χ3v) is 4.62. The van der Waals surface area contributed by atoms with Crippen molar-refractivity contribution in [1.82, 2.24) is 20.4 Å². The fraction of sp³-hybridized carbons (Fsp3) is 0.304. The smallest absolute Gasteiger partial charge is 0.191 e. The van der Waals surface area contributed by atoms with Gasteiger partial charge < -0.3 is 20.1 Å². The Morgan fingerprint density at radius 2 is 1.71 bits per heavy atom. The molecule has 2 N–H and O–H groups in total. The highest BCUT2D eigenvalue weighted by atomic mass is 127. The Labute approximate surface area is 200 Å². The van der Waals surface area contributed by atoms with E-state index >= 15 is 0 Å². The maximum Gasteiger partial charge on any atom is 0.191 e. The molecule has 0 aliphatic heterocycles. The fourth-order valence-electron chi connectivity index (χ4n) is 2.98. The van der Waals surface area contributed by atoms with E-state index in [1.807, 2.05) is 41.2 Å². The van der Waals surface area contributed by atoms with Gasteiger partial charge in [0, 0.05) is 39.6 Å². The number of aliphatic imine (C=N–C) groups is 1. The Balaban J connectivity index is 0.00000341. The molecular weight excluding hydrogens is 505 g/mol. The number of nitrogens with zero attached hydrogens (tertiary/aromatic N) is 3. The Morgan fingerprint density at radius 1 is 0.968 bits per heavy atom. The molecule has 3 rings (SSSR count). The van der Waals surface area contributed by atoms with E-state index in [2.05, 4.69) is 45.0 Å². The predicted octanol–water partition coefficient (Wildman–Crippen LogP) is 3.44. The van der Waals surface area contributed by atoms with Crippen LogP contribution in [-0.4, -0.2) is 43.1 Å². The number of methoxy groups -OCH3 is 1. The zero-order valence-electron chi connectivity index (χ0n) is 18.0. The van der Waals surface area contributed by atoms with E-state index in [1.165, 1.54) is 11.1 Å². The molecule has 166 valence electrons. The number of hydrogen-bond donors (Lipinski definition) is 2. The molecule has 0 unspecified atom stereocenters. The Morgan fingerprint density at radius 3 is 2.39 bits per heavy atom. The quantitative estimate of drug-likeness (QED) is 0.180. The number of benzene rings is 2. The number of hydrogen-bond acceptors (Lipinski definition) is 4. The van der Waals surface area contributed by atoms with E-state index in [0.29, 0.717) is 26.3 Å². The van der Waals surface area contributed by atoms with Crippen LogP contribution in [0.4, 0.5) is 0 Å². The van der Waals surface area contributed by atoms with Crippen molar-refractivity contribution in [2.75, 3.05) is 27.4 Å². The summed E-state index contributed by atoms with van der Waals surface area (Å²) in [5.41, 5.74) is 3.60. The first-order valence-electron chi connectivity index (χ1n) is 9.98. The van der Waals surface area contributed by atoms with Crippen molar-refractivity contribution in [2.45, 2.75) is 19.6 Å². The lowest BCUT2D eigenvalue weighted by molar-refractivity contribution is 0.146. The van der Waals surface area contributed by atoms with Crippen LogP contribution in [0.2, 0.25) is 0 Å². The predicted molar refractivity (Wildman–Crippen MR) is 134 cm³/mol. The maximum atomic E-state index is 5.60. The molecule has 0 saturated carbocycles. The van der Waals surface area contributed by atoms with Crippen molar-refractivity contribution < 1.29 is 9.47 Å². The van der Waals surface area contributed by atoms with Crippen LogP contribution in [0.1, 0.15) is 16.7 Å². The van der Waals surface area contributed by atoms with Crippen LogP contribution in [-0.2, 0) is 24.4 Å². The summed E-state index contributed by atoms with van der Waals surface area (Å²) in [5, 5.41) is 11.0. The lowest BCUT2D eigenvalue weighted by Crippen LogP contribution is -2.36. The van der Waals surface area contributed by atoms with E-state index in [1.54, 1.807) is 20.4 Å². The number of aromatic nitrogens is 2. The second-order valence-corrected chi connectivity index (χ2v) is 6.74. The molecule has 0 fully saturated rings. The molecule has 0 spiro atoms. The molecule has 8 heteroatoms. The van der Waals surface area contributed by atoms with E-state index in [0.717, 1.165) is 23.8 Å². The lowest BCUT2D eigenvalue weighted by Gasteiger charge is -2.15. The standard InChI is InChI=1S/C23H29N5O2.HI/c1-24-23(25-16-19-8-10-22(11-9-19)30-15-14-29-2)26-17-20-6-3-4-7-21(20)18-28-13-5-12-27-28;/h3-13H,14-18H2,1-2H3,(H2,24,25,26);1H. The second-order valence-electron chi connectivity index (χ2n) is 6.74. The van der Waals surface area contributed by atoms with Crippen molar-refractivity contribution >= 4 is 29.9 Å². The summed E-state index contributed by atoms with van der Waals surface area (Å²) in [7, 11) is 3.44. The summed E-state index contributed by atoms with van der Waals surface area (Å²) in [6, 6.07) is 18.3. The Kier molecular flexibility index (Phi) is 10.9. The average molecular weight is 535 g/mol. The van der Waals surface area contributed by atoms with Crippen molar-refractivity contribution in [1.29, 1.82) is 0 Å². The summed E-state index contributed by atoms with van der Waals surface area (Å²) < 4.78 is 12.5. The van der Waals surface area contributed by atoms with Crippen molar-refractivity contribution in [3.8, 4) is 5.75 Å². The van der Waals surface area contributed by atoms with Gasteiger partial charge in [0.1, 0.15) is 12.4 Å². The Bertz CT molecular complexity index is 914. The molecule has 0 bridgehead atoms. The monoisotopic (exact) mass is 535 g/mol.